The van der Waals surface area contributed by atoms with Gasteiger partial charge in [-0.25, -0.2) is 0 Å². The van der Waals surface area contributed by atoms with Gasteiger partial charge in [0.2, 0.25) is 12.1 Å². The second-order valence-corrected chi connectivity index (χ2v) is 8.22. The Morgan fingerprint density at radius 1 is 1.03 bits per heavy atom. The van der Waals surface area contributed by atoms with Gasteiger partial charge >= 0.3 is 12.4 Å². The molecule has 13 heteroatoms. The number of rotatable bonds is 5. The normalized spacial score (nSPS) is 18.2. The van der Waals surface area contributed by atoms with Crippen molar-refractivity contribution in [2.75, 3.05) is 22.1 Å². The fraction of sp³-hybridized carbons (Fsp3) is 0.348. The number of benzene rings is 2. The number of hydrogen-bond donors (Lipinski definition) is 2. The van der Waals surface area contributed by atoms with Gasteiger partial charge in [-0.2, -0.15) is 31.6 Å². The molecule has 1 fully saturated rings. The number of nitrogens with zero attached hydrogens (tertiary/aromatic N) is 2. The van der Waals surface area contributed by atoms with E-state index < -0.39 is 54.0 Å². The molecule has 0 bridgehead atoms. The molecule has 1 aliphatic heterocycles. The van der Waals surface area contributed by atoms with E-state index in [4.69, 9.17) is 10.00 Å². The molecule has 2 atom stereocenters. The third kappa shape index (κ3) is 6.06. The van der Waals surface area contributed by atoms with Crippen molar-refractivity contribution < 1.29 is 40.7 Å². The molecule has 0 aliphatic carbocycles. The molecular formula is C23H20F6N4O3. The van der Waals surface area contributed by atoms with Crippen LogP contribution in [0.4, 0.5) is 43.4 Å². The van der Waals surface area contributed by atoms with Gasteiger partial charge in [0, 0.05) is 23.0 Å². The van der Waals surface area contributed by atoms with Gasteiger partial charge in [0.15, 0.2) is 6.10 Å². The highest BCUT2D eigenvalue weighted by Crippen LogP contribution is 2.39. The van der Waals surface area contributed by atoms with Crippen molar-refractivity contribution in [3.8, 4) is 6.07 Å². The predicted octanol–water partition coefficient (Wildman–Crippen LogP) is 4.90. The first-order valence-corrected chi connectivity index (χ1v) is 10.5. The highest BCUT2D eigenvalue weighted by atomic mass is 19.4. The summed E-state index contributed by atoms with van der Waals surface area (Å²) in [6.07, 6.45) is -14.4. The summed E-state index contributed by atoms with van der Waals surface area (Å²) in [6, 6.07) is 9.26. The van der Waals surface area contributed by atoms with Gasteiger partial charge in [0.05, 0.1) is 23.7 Å². The Bertz CT molecular complexity index is 1170. The number of carbonyl (C=O) groups excluding carboxylic acids is 2. The largest absolute Gasteiger partial charge is 0.433 e. The second-order valence-electron chi connectivity index (χ2n) is 8.22. The molecule has 1 heterocycles. The zero-order chi connectivity index (χ0) is 26.8. The lowest BCUT2D eigenvalue weighted by molar-refractivity contribution is -0.212. The summed E-state index contributed by atoms with van der Waals surface area (Å²) in [5.41, 5.74) is -2.03. The number of nitrogens with one attached hydrogen (secondary N) is 2. The van der Waals surface area contributed by atoms with E-state index in [9.17, 15) is 35.9 Å². The number of anilines is 3. The van der Waals surface area contributed by atoms with Gasteiger partial charge in [-0.3, -0.25) is 9.59 Å². The molecule has 0 spiro atoms. The van der Waals surface area contributed by atoms with Crippen LogP contribution in [-0.4, -0.2) is 36.9 Å². The van der Waals surface area contributed by atoms with Crippen molar-refractivity contribution in [2.24, 2.45) is 5.92 Å². The topological polar surface area (TPSA) is 94.5 Å². The van der Waals surface area contributed by atoms with Crippen LogP contribution in [0.1, 0.15) is 25.0 Å². The van der Waals surface area contributed by atoms with Crippen LogP contribution in [0.25, 0.3) is 0 Å². The standard InChI is InChI=1S/C23H20F6N4O3/c1-12(2)19(34)31-14-4-6-15(7-5-14)32-20(35)18-11-33(21(36-18)23(27,28)29)16-8-3-13(10-30)17(9-16)22(24,25)26/h3-9,12,18,21H,11H2,1-2H3,(H,31,34)(H,32,35). The van der Waals surface area contributed by atoms with Crippen molar-refractivity contribution >= 4 is 28.9 Å². The van der Waals surface area contributed by atoms with Crippen LogP contribution in [0, 0.1) is 17.2 Å². The summed E-state index contributed by atoms with van der Waals surface area (Å²) < 4.78 is 85.7. The monoisotopic (exact) mass is 514 g/mol. The van der Waals surface area contributed by atoms with Gasteiger partial charge in [-0.1, -0.05) is 13.8 Å². The minimum atomic E-state index is -5.03. The van der Waals surface area contributed by atoms with Gasteiger partial charge in [0.25, 0.3) is 5.91 Å². The molecule has 2 N–H and O–H groups in total. The Morgan fingerprint density at radius 3 is 2.11 bits per heavy atom. The van der Waals surface area contributed by atoms with Gasteiger partial charge in [-0.15, -0.1) is 0 Å². The molecular weight excluding hydrogens is 494 g/mol. The number of ether oxygens (including phenoxy) is 1. The zero-order valence-corrected chi connectivity index (χ0v) is 18.9. The van der Waals surface area contributed by atoms with E-state index in [1.54, 1.807) is 13.8 Å². The van der Waals surface area contributed by atoms with Crippen LogP contribution < -0.4 is 15.5 Å². The molecule has 0 saturated carbocycles. The van der Waals surface area contributed by atoms with Gasteiger partial charge in [0.1, 0.15) is 0 Å². The van der Waals surface area contributed by atoms with E-state index in [0.29, 0.717) is 16.7 Å². The number of nitriles is 1. The van der Waals surface area contributed by atoms with Crippen LogP contribution in [0.3, 0.4) is 0 Å². The predicted molar refractivity (Wildman–Crippen MR) is 117 cm³/mol. The molecule has 2 amide bonds. The maximum atomic E-state index is 13.6. The van der Waals surface area contributed by atoms with E-state index in [1.807, 2.05) is 0 Å². The molecule has 0 radical (unpaired) electrons. The summed E-state index contributed by atoms with van der Waals surface area (Å²) in [5.74, 6) is -1.45. The van der Waals surface area contributed by atoms with Crippen LogP contribution in [0.5, 0.6) is 0 Å². The first-order chi connectivity index (χ1) is 16.7. The lowest BCUT2D eigenvalue weighted by Crippen LogP contribution is -2.42. The van der Waals surface area contributed by atoms with Crippen molar-refractivity contribution in [1.82, 2.24) is 0 Å². The summed E-state index contributed by atoms with van der Waals surface area (Å²) in [6.45, 7) is 2.71. The van der Waals surface area contributed by atoms with E-state index in [2.05, 4.69) is 10.6 Å². The number of alkyl halides is 6. The van der Waals surface area contributed by atoms with Crippen LogP contribution in [-0.2, 0) is 20.5 Å². The SMILES string of the molecule is CC(C)C(=O)Nc1ccc(NC(=O)C2CN(c3ccc(C#N)c(C(F)(F)F)c3)C(C(F)(F)F)O2)cc1. The summed E-state index contributed by atoms with van der Waals surface area (Å²) in [7, 11) is 0. The molecule has 1 aliphatic rings. The van der Waals surface area contributed by atoms with Crippen molar-refractivity contribution in [3.05, 3.63) is 53.6 Å². The highest BCUT2D eigenvalue weighted by molar-refractivity contribution is 5.96. The smallest absolute Gasteiger partial charge is 0.335 e. The molecule has 1 saturated heterocycles. The summed E-state index contributed by atoms with van der Waals surface area (Å²) in [5, 5.41) is 13.9. The van der Waals surface area contributed by atoms with Crippen LogP contribution in [0.15, 0.2) is 42.5 Å². The fourth-order valence-electron chi connectivity index (χ4n) is 3.38. The third-order valence-corrected chi connectivity index (χ3v) is 5.22. The Labute approximate surface area is 201 Å². The average molecular weight is 514 g/mol. The Balaban J connectivity index is 1.80. The third-order valence-electron chi connectivity index (χ3n) is 5.22. The van der Waals surface area contributed by atoms with Crippen molar-refractivity contribution in [2.45, 2.75) is 38.5 Å². The van der Waals surface area contributed by atoms with Gasteiger partial charge < -0.3 is 20.3 Å². The zero-order valence-electron chi connectivity index (χ0n) is 18.9. The molecule has 0 aromatic heterocycles. The minimum Gasteiger partial charge on any atom is -0.335 e. The van der Waals surface area contributed by atoms with Crippen LogP contribution >= 0.6 is 0 Å². The summed E-state index contributed by atoms with van der Waals surface area (Å²) >= 11 is 0. The molecule has 2 unspecified atom stereocenters. The highest BCUT2D eigenvalue weighted by Gasteiger charge is 2.52. The van der Waals surface area contributed by atoms with E-state index in [-0.39, 0.29) is 17.5 Å². The van der Waals surface area contributed by atoms with Crippen LogP contribution in [0.2, 0.25) is 0 Å². The molecule has 2 aromatic rings. The van der Waals surface area contributed by atoms with Gasteiger partial charge in [-0.05, 0) is 42.5 Å². The molecule has 7 nitrogen and oxygen atoms in total. The van der Waals surface area contributed by atoms with Crippen molar-refractivity contribution in [3.63, 3.8) is 0 Å². The lowest BCUT2D eigenvalue weighted by atomic mass is 10.1. The number of amides is 2. The maximum absolute atomic E-state index is 13.6. The van der Waals surface area contributed by atoms with E-state index in [0.717, 1.165) is 12.1 Å². The molecule has 2 aromatic carbocycles. The van der Waals surface area contributed by atoms with Crippen molar-refractivity contribution in [1.29, 1.82) is 5.26 Å². The second kappa shape index (κ2) is 10.1. The fourth-order valence-corrected chi connectivity index (χ4v) is 3.38. The Morgan fingerprint density at radius 2 is 1.61 bits per heavy atom. The number of hydrogen-bond acceptors (Lipinski definition) is 5. The number of halogens is 6. The number of carbonyl (C=O) groups is 2. The Hall–Kier alpha value is -3.79. The van der Waals surface area contributed by atoms with E-state index in [1.165, 1.54) is 30.3 Å². The Kier molecular flexibility index (Phi) is 7.49. The first kappa shape index (κ1) is 26.8. The molecule has 36 heavy (non-hydrogen) atoms. The minimum absolute atomic E-state index is 0.200. The molecule has 192 valence electrons. The summed E-state index contributed by atoms with van der Waals surface area (Å²) in [4.78, 5) is 24.9. The average Bonchev–Trinajstić information content (AvgIpc) is 3.25. The quantitative estimate of drug-likeness (QED) is 0.554. The maximum Gasteiger partial charge on any atom is 0.433 e. The first-order valence-electron chi connectivity index (χ1n) is 10.5. The lowest BCUT2D eigenvalue weighted by Gasteiger charge is -2.27. The molecule has 3 rings (SSSR count). The van der Waals surface area contributed by atoms with E-state index >= 15 is 0 Å².